The molecule has 1 heterocycles. The second-order valence-corrected chi connectivity index (χ2v) is 4.63. The second kappa shape index (κ2) is 4.12. The monoisotopic (exact) mass is 223 g/mol. The van der Waals surface area contributed by atoms with Crippen LogP contribution in [0.15, 0.2) is 0 Å². The van der Waals surface area contributed by atoms with E-state index in [0.29, 0.717) is 13.1 Å². The third-order valence-electron chi connectivity index (χ3n) is 3.03. The number of piperazine rings is 1. The molecule has 88 valence electrons. The summed E-state index contributed by atoms with van der Waals surface area (Å²) in [4.78, 5) is 27.0. The summed E-state index contributed by atoms with van der Waals surface area (Å²) in [7, 11) is 1.72. The average molecular weight is 223 g/mol. The third kappa shape index (κ3) is 1.87. The third-order valence-corrected chi connectivity index (χ3v) is 3.03. The van der Waals surface area contributed by atoms with E-state index < -0.39 is 11.5 Å². The van der Waals surface area contributed by atoms with Crippen LogP contribution >= 0.6 is 0 Å². The molecule has 0 N–H and O–H groups in total. The zero-order valence-corrected chi connectivity index (χ0v) is 10.1. The summed E-state index contributed by atoms with van der Waals surface area (Å²) >= 11 is 0. The molecule has 5 nitrogen and oxygen atoms in total. The molecule has 1 aliphatic rings. The maximum atomic E-state index is 11.9. The number of likely N-dealkylation sites (N-methyl/N-ethyl adjacent to an activating group) is 1. The molecule has 2 amide bonds. The first-order valence-corrected chi connectivity index (χ1v) is 5.29. The standard InChI is InChI=1S/C11H17N3O2/c1-8(7-12)9(15)14-6-5-13(4)10(16)11(14,2)3/h8H,5-6H2,1-4H3. The van der Waals surface area contributed by atoms with Crippen molar-refractivity contribution < 1.29 is 9.59 Å². The van der Waals surface area contributed by atoms with Gasteiger partial charge in [0.05, 0.1) is 6.07 Å². The van der Waals surface area contributed by atoms with Gasteiger partial charge < -0.3 is 9.80 Å². The SMILES string of the molecule is CC(C#N)C(=O)N1CCN(C)C(=O)C1(C)C. The van der Waals surface area contributed by atoms with Crippen molar-refractivity contribution in [1.29, 1.82) is 5.26 Å². The molecule has 1 aliphatic heterocycles. The zero-order chi connectivity index (χ0) is 12.5. The average Bonchev–Trinajstić information content (AvgIpc) is 2.24. The topological polar surface area (TPSA) is 64.4 Å². The van der Waals surface area contributed by atoms with Gasteiger partial charge in [0.1, 0.15) is 11.5 Å². The fourth-order valence-electron chi connectivity index (χ4n) is 1.89. The molecule has 0 aromatic rings. The highest BCUT2D eigenvalue weighted by Gasteiger charge is 2.43. The van der Waals surface area contributed by atoms with Gasteiger partial charge in [-0.25, -0.2) is 0 Å². The molecule has 1 rings (SSSR count). The van der Waals surface area contributed by atoms with E-state index in [1.165, 1.54) is 4.90 Å². The van der Waals surface area contributed by atoms with Crippen molar-refractivity contribution in [3.8, 4) is 6.07 Å². The number of amides is 2. The first-order chi connectivity index (χ1) is 7.32. The molecule has 0 spiro atoms. The molecule has 1 unspecified atom stereocenters. The smallest absolute Gasteiger partial charge is 0.247 e. The molecule has 1 atom stereocenters. The Bertz CT molecular complexity index is 357. The molecule has 1 saturated heterocycles. The Kier molecular flexibility index (Phi) is 3.22. The maximum Gasteiger partial charge on any atom is 0.247 e. The lowest BCUT2D eigenvalue weighted by Crippen LogP contribution is -2.64. The highest BCUT2D eigenvalue weighted by molar-refractivity contribution is 5.93. The van der Waals surface area contributed by atoms with Crippen molar-refractivity contribution in [1.82, 2.24) is 9.80 Å². The molecular weight excluding hydrogens is 206 g/mol. The number of carbonyl (C=O) groups is 2. The minimum Gasteiger partial charge on any atom is -0.342 e. The number of hydrogen-bond acceptors (Lipinski definition) is 3. The van der Waals surface area contributed by atoms with E-state index in [4.69, 9.17) is 5.26 Å². The van der Waals surface area contributed by atoms with E-state index in [9.17, 15) is 9.59 Å². The number of hydrogen-bond donors (Lipinski definition) is 0. The predicted octanol–water partition coefficient (Wildman–Crippen LogP) is 0.225. The highest BCUT2D eigenvalue weighted by atomic mass is 16.2. The van der Waals surface area contributed by atoms with Gasteiger partial charge in [-0.15, -0.1) is 0 Å². The van der Waals surface area contributed by atoms with Gasteiger partial charge in [0.25, 0.3) is 0 Å². The van der Waals surface area contributed by atoms with Crippen LogP contribution in [0.4, 0.5) is 0 Å². The summed E-state index contributed by atoms with van der Waals surface area (Å²) in [5.74, 6) is -1.05. The summed E-state index contributed by atoms with van der Waals surface area (Å²) in [5, 5.41) is 8.73. The van der Waals surface area contributed by atoms with Crippen molar-refractivity contribution in [3.05, 3.63) is 0 Å². The number of nitrogens with zero attached hydrogens (tertiary/aromatic N) is 3. The Morgan fingerprint density at radius 1 is 1.50 bits per heavy atom. The van der Waals surface area contributed by atoms with Gasteiger partial charge in [-0.05, 0) is 20.8 Å². The van der Waals surface area contributed by atoms with E-state index in [1.54, 1.807) is 32.7 Å². The summed E-state index contributed by atoms with van der Waals surface area (Å²) in [5.41, 5.74) is -0.852. The molecule has 0 aliphatic carbocycles. The summed E-state index contributed by atoms with van der Waals surface area (Å²) in [6.45, 7) is 5.99. The largest absolute Gasteiger partial charge is 0.342 e. The number of nitriles is 1. The van der Waals surface area contributed by atoms with E-state index >= 15 is 0 Å². The Labute approximate surface area is 95.6 Å². The first kappa shape index (κ1) is 12.5. The molecule has 0 radical (unpaired) electrons. The van der Waals surface area contributed by atoms with Crippen LogP contribution in [0.1, 0.15) is 20.8 Å². The van der Waals surface area contributed by atoms with Crippen LogP contribution in [0.25, 0.3) is 0 Å². The Morgan fingerprint density at radius 2 is 2.06 bits per heavy atom. The minimum absolute atomic E-state index is 0.0859. The lowest BCUT2D eigenvalue weighted by Gasteiger charge is -2.45. The van der Waals surface area contributed by atoms with Gasteiger partial charge in [0.2, 0.25) is 11.8 Å². The zero-order valence-electron chi connectivity index (χ0n) is 10.1. The number of carbonyl (C=O) groups excluding carboxylic acids is 2. The predicted molar refractivity (Wildman–Crippen MR) is 58.2 cm³/mol. The molecule has 0 bridgehead atoms. The quantitative estimate of drug-likeness (QED) is 0.639. The minimum atomic E-state index is -0.852. The summed E-state index contributed by atoms with van der Waals surface area (Å²) < 4.78 is 0. The van der Waals surface area contributed by atoms with Crippen molar-refractivity contribution in [2.45, 2.75) is 26.3 Å². The van der Waals surface area contributed by atoms with E-state index in [-0.39, 0.29) is 11.8 Å². The van der Waals surface area contributed by atoms with Gasteiger partial charge in [0.15, 0.2) is 0 Å². The van der Waals surface area contributed by atoms with Crippen LogP contribution in [-0.4, -0.2) is 47.3 Å². The van der Waals surface area contributed by atoms with Crippen LogP contribution in [0.2, 0.25) is 0 Å². The van der Waals surface area contributed by atoms with Crippen LogP contribution in [0.3, 0.4) is 0 Å². The molecule has 16 heavy (non-hydrogen) atoms. The molecule has 0 aromatic carbocycles. The van der Waals surface area contributed by atoms with E-state index in [2.05, 4.69) is 0 Å². The van der Waals surface area contributed by atoms with Gasteiger partial charge in [-0.1, -0.05) is 0 Å². The lowest BCUT2D eigenvalue weighted by molar-refractivity contribution is -0.158. The Hall–Kier alpha value is -1.57. The molecular formula is C11H17N3O2. The van der Waals surface area contributed by atoms with Crippen LogP contribution in [0, 0.1) is 17.2 Å². The Balaban J connectivity index is 2.95. The van der Waals surface area contributed by atoms with Crippen molar-refractivity contribution in [2.75, 3.05) is 20.1 Å². The normalized spacial score (nSPS) is 21.6. The van der Waals surface area contributed by atoms with Gasteiger partial charge in [-0.3, -0.25) is 9.59 Å². The molecule has 0 saturated carbocycles. The molecule has 1 fully saturated rings. The number of rotatable bonds is 1. The highest BCUT2D eigenvalue weighted by Crippen LogP contribution is 2.23. The fourth-order valence-corrected chi connectivity index (χ4v) is 1.89. The van der Waals surface area contributed by atoms with Crippen LogP contribution < -0.4 is 0 Å². The summed E-state index contributed by atoms with van der Waals surface area (Å²) in [6.07, 6.45) is 0. The fraction of sp³-hybridized carbons (Fsp3) is 0.727. The van der Waals surface area contributed by atoms with Crippen LogP contribution in [-0.2, 0) is 9.59 Å². The summed E-state index contributed by atoms with van der Waals surface area (Å²) in [6, 6.07) is 1.91. The van der Waals surface area contributed by atoms with Gasteiger partial charge >= 0.3 is 0 Å². The van der Waals surface area contributed by atoms with Gasteiger partial charge in [0, 0.05) is 20.1 Å². The van der Waals surface area contributed by atoms with E-state index in [0.717, 1.165) is 0 Å². The van der Waals surface area contributed by atoms with Crippen LogP contribution in [0.5, 0.6) is 0 Å². The Morgan fingerprint density at radius 3 is 2.56 bits per heavy atom. The molecule has 5 heteroatoms. The molecule has 0 aromatic heterocycles. The lowest BCUT2D eigenvalue weighted by atomic mass is 9.96. The van der Waals surface area contributed by atoms with Gasteiger partial charge in [-0.2, -0.15) is 5.26 Å². The first-order valence-electron chi connectivity index (χ1n) is 5.29. The van der Waals surface area contributed by atoms with Crippen molar-refractivity contribution in [3.63, 3.8) is 0 Å². The van der Waals surface area contributed by atoms with E-state index in [1.807, 2.05) is 6.07 Å². The maximum absolute atomic E-state index is 11.9. The second-order valence-electron chi connectivity index (χ2n) is 4.63. The van der Waals surface area contributed by atoms with Crippen molar-refractivity contribution >= 4 is 11.8 Å². The van der Waals surface area contributed by atoms with Crippen molar-refractivity contribution in [2.24, 2.45) is 5.92 Å².